The molecule has 0 heterocycles. The summed E-state index contributed by atoms with van der Waals surface area (Å²) in [5, 5.41) is 8.49. The fourth-order valence-electron chi connectivity index (χ4n) is 0.424. The van der Waals surface area contributed by atoms with Crippen LogP contribution in [0.25, 0.3) is 0 Å². The molecular weight excluding hydrogens is 132 g/mol. The summed E-state index contributed by atoms with van der Waals surface area (Å²) in [7, 11) is 0. The van der Waals surface area contributed by atoms with Gasteiger partial charge in [-0.1, -0.05) is 27.2 Å². The van der Waals surface area contributed by atoms with Gasteiger partial charge in [0.15, 0.2) is 0 Å². The number of rotatable bonds is 4. The molecule has 9 heavy (non-hydrogen) atoms. The Bertz CT molecular complexity index is 71.3. The normalized spacial score (nSPS) is 12.0. The molecule has 0 unspecified atom stereocenters. The molecule has 0 radical (unpaired) electrons. The van der Waals surface area contributed by atoms with Crippen molar-refractivity contribution in [1.29, 1.82) is 0 Å². The summed E-state index contributed by atoms with van der Waals surface area (Å²) >= 11 is 1.60. The lowest BCUT2D eigenvalue weighted by Gasteiger charge is -2.20. The molecule has 0 amide bonds. The van der Waals surface area contributed by atoms with Crippen LogP contribution in [0.2, 0.25) is 0 Å². The lowest BCUT2D eigenvalue weighted by atomic mass is 9.93. The van der Waals surface area contributed by atoms with Crippen molar-refractivity contribution in [3.8, 4) is 0 Å². The number of hydrogen-bond donors (Lipinski definition) is 1. The van der Waals surface area contributed by atoms with E-state index in [1.54, 1.807) is 11.8 Å². The molecular formula is C7H16OS. The first-order chi connectivity index (χ1) is 4.12. The van der Waals surface area contributed by atoms with Gasteiger partial charge in [-0.3, -0.25) is 0 Å². The number of hydrogen-bond acceptors (Lipinski definition) is 2. The molecule has 0 aromatic carbocycles. The van der Waals surface area contributed by atoms with E-state index in [1.807, 2.05) is 0 Å². The predicted octanol–water partition coefficient (Wildman–Crippen LogP) is 2.11. The van der Waals surface area contributed by atoms with Crippen molar-refractivity contribution in [1.82, 2.24) is 0 Å². The zero-order chi connectivity index (χ0) is 7.33. The Kier molecular flexibility index (Phi) is 4.32. The average molecular weight is 148 g/mol. The van der Waals surface area contributed by atoms with Gasteiger partial charge in [0.05, 0.1) is 5.94 Å². The molecule has 1 N–H and O–H groups in total. The fraction of sp³-hybridized carbons (Fsp3) is 1.00. The largest absolute Gasteiger partial charge is 0.386 e. The maximum atomic E-state index is 8.49. The molecule has 0 saturated carbocycles. The summed E-state index contributed by atoms with van der Waals surface area (Å²) in [5.74, 6) is 1.31. The Labute approximate surface area is 61.8 Å². The fourth-order valence-corrected chi connectivity index (χ4v) is 1.27. The number of thioether (sulfide) groups is 1. The minimum absolute atomic E-state index is 0.253. The molecule has 0 rings (SSSR count). The Morgan fingerprint density at radius 3 is 2.33 bits per heavy atom. The first kappa shape index (κ1) is 9.31. The van der Waals surface area contributed by atoms with Crippen molar-refractivity contribution in [3.05, 3.63) is 0 Å². The van der Waals surface area contributed by atoms with E-state index >= 15 is 0 Å². The minimum atomic E-state index is 0.253. The summed E-state index contributed by atoms with van der Waals surface area (Å²) in [5.41, 5.74) is 0.396. The van der Waals surface area contributed by atoms with Gasteiger partial charge in [-0.15, -0.1) is 11.8 Å². The SMILES string of the molecule is CCC(C)(C)CSCO. The Morgan fingerprint density at radius 1 is 1.44 bits per heavy atom. The highest BCUT2D eigenvalue weighted by molar-refractivity contribution is 7.99. The van der Waals surface area contributed by atoms with Crippen molar-refractivity contribution in [2.45, 2.75) is 27.2 Å². The molecule has 0 atom stereocenters. The molecule has 0 aliphatic heterocycles. The van der Waals surface area contributed by atoms with Crippen LogP contribution in [-0.4, -0.2) is 16.8 Å². The zero-order valence-electron chi connectivity index (χ0n) is 6.48. The average Bonchev–Trinajstić information content (AvgIpc) is 1.84. The van der Waals surface area contributed by atoms with Crippen LogP contribution in [0.5, 0.6) is 0 Å². The molecule has 0 bridgehead atoms. The van der Waals surface area contributed by atoms with Gasteiger partial charge < -0.3 is 5.11 Å². The topological polar surface area (TPSA) is 20.2 Å². The van der Waals surface area contributed by atoms with E-state index < -0.39 is 0 Å². The van der Waals surface area contributed by atoms with E-state index in [-0.39, 0.29) is 5.94 Å². The van der Waals surface area contributed by atoms with Crippen LogP contribution < -0.4 is 0 Å². The van der Waals surface area contributed by atoms with Gasteiger partial charge in [0.1, 0.15) is 0 Å². The lowest BCUT2D eigenvalue weighted by Crippen LogP contribution is -2.12. The van der Waals surface area contributed by atoms with Gasteiger partial charge >= 0.3 is 0 Å². The predicted molar refractivity (Wildman–Crippen MR) is 43.6 cm³/mol. The second kappa shape index (κ2) is 4.18. The van der Waals surface area contributed by atoms with Crippen molar-refractivity contribution in [2.75, 3.05) is 11.7 Å². The number of aliphatic hydroxyl groups is 1. The van der Waals surface area contributed by atoms with Gasteiger partial charge in [0.2, 0.25) is 0 Å². The molecule has 1 nitrogen and oxygen atoms in total. The van der Waals surface area contributed by atoms with Crippen molar-refractivity contribution >= 4 is 11.8 Å². The van der Waals surface area contributed by atoms with E-state index in [9.17, 15) is 0 Å². The molecule has 0 aliphatic carbocycles. The van der Waals surface area contributed by atoms with Crippen LogP contribution >= 0.6 is 11.8 Å². The van der Waals surface area contributed by atoms with E-state index in [1.165, 1.54) is 6.42 Å². The van der Waals surface area contributed by atoms with E-state index in [0.717, 1.165) is 5.75 Å². The van der Waals surface area contributed by atoms with Gasteiger partial charge in [0, 0.05) is 5.75 Å². The van der Waals surface area contributed by atoms with Crippen LogP contribution in [0.1, 0.15) is 27.2 Å². The zero-order valence-corrected chi connectivity index (χ0v) is 7.29. The molecule has 2 heteroatoms. The minimum Gasteiger partial charge on any atom is -0.386 e. The third kappa shape index (κ3) is 4.79. The Balaban J connectivity index is 3.33. The van der Waals surface area contributed by atoms with Gasteiger partial charge in [-0.2, -0.15) is 0 Å². The summed E-state index contributed by atoms with van der Waals surface area (Å²) in [6, 6.07) is 0. The van der Waals surface area contributed by atoms with Crippen LogP contribution in [0.15, 0.2) is 0 Å². The second-order valence-electron chi connectivity index (χ2n) is 3.00. The van der Waals surface area contributed by atoms with E-state index in [2.05, 4.69) is 20.8 Å². The molecule has 0 spiro atoms. The Morgan fingerprint density at radius 2 is 2.00 bits per heavy atom. The monoisotopic (exact) mass is 148 g/mol. The highest BCUT2D eigenvalue weighted by Gasteiger charge is 2.13. The van der Waals surface area contributed by atoms with Gasteiger partial charge in [0.25, 0.3) is 0 Å². The van der Waals surface area contributed by atoms with Gasteiger partial charge in [-0.25, -0.2) is 0 Å². The standard InChI is InChI=1S/C7H16OS/c1-4-7(2,3)5-9-6-8/h8H,4-6H2,1-3H3. The summed E-state index contributed by atoms with van der Waals surface area (Å²) in [4.78, 5) is 0. The quantitative estimate of drug-likeness (QED) is 0.616. The highest BCUT2D eigenvalue weighted by Crippen LogP contribution is 2.24. The van der Waals surface area contributed by atoms with Crippen LogP contribution in [-0.2, 0) is 0 Å². The van der Waals surface area contributed by atoms with E-state index in [4.69, 9.17) is 5.11 Å². The highest BCUT2D eigenvalue weighted by atomic mass is 32.2. The molecule has 0 fully saturated rings. The van der Waals surface area contributed by atoms with Crippen LogP contribution in [0, 0.1) is 5.41 Å². The van der Waals surface area contributed by atoms with Gasteiger partial charge in [-0.05, 0) is 5.41 Å². The first-order valence-electron chi connectivity index (χ1n) is 3.31. The van der Waals surface area contributed by atoms with E-state index in [0.29, 0.717) is 5.41 Å². The lowest BCUT2D eigenvalue weighted by molar-refractivity contribution is 0.368. The summed E-state index contributed by atoms with van der Waals surface area (Å²) in [6.07, 6.45) is 1.18. The summed E-state index contributed by atoms with van der Waals surface area (Å²) < 4.78 is 0. The maximum absolute atomic E-state index is 8.49. The molecule has 56 valence electrons. The number of aliphatic hydroxyl groups excluding tert-OH is 1. The second-order valence-corrected chi connectivity index (χ2v) is 3.95. The maximum Gasteiger partial charge on any atom is 0.0886 e. The molecule has 0 aliphatic rings. The van der Waals surface area contributed by atoms with Crippen molar-refractivity contribution < 1.29 is 5.11 Å². The van der Waals surface area contributed by atoms with Crippen LogP contribution in [0.4, 0.5) is 0 Å². The molecule has 0 saturated heterocycles. The third-order valence-corrected chi connectivity index (χ3v) is 2.71. The molecule has 0 aromatic rings. The molecule has 0 aromatic heterocycles. The van der Waals surface area contributed by atoms with Crippen LogP contribution in [0.3, 0.4) is 0 Å². The third-order valence-electron chi connectivity index (χ3n) is 1.54. The van der Waals surface area contributed by atoms with Crippen molar-refractivity contribution in [3.63, 3.8) is 0 Å². The summed E-state index contributed by atoms with van der Waals surface area (Å²) in [6.45, 7) is 6.61. The first-order valence-corrected chi connectivity index (χ1v) is 4.46. The smallest absolute Gasteiger partial charge is 0.0886 e. The Hall–Kier alpha value is 0.310. The van der Waals surface area contributed by atoms with Crippen molar-refractivity contribution in [2.24, 2.45) is 5.41 Å².